The first kappa shape index (κ1) is 13.7. The van der Waals surface area contributed by atoms with E-state index in [-0.39, 0.29) is 11.9 Å². The van der Waals surface area contributed by atoms with Gasteiger partial charge in [0.25, 0.3) is 5.91 Å². The Balaban J connectivity index is 1.91. The summed E-state index contributed by atoms with van der Waals surface area (Å²) in [6, 6.07) is 13.5. The summed E-state index contributed by atoms with van der Waals surface area (Å²) in [4.78, 5) is 19.1. The zero-order valence-electron chi connectivity index (χ0n) is 12.9. The molecular formula is C18H16N4O. The molecule has 1 amide bonds. The van der Waals surface area contributed by atoms with Gasteiger partial charge in [0.1, 0.15) is 6.04 Å². The van der Waals surface area contributed by atoms with Gasteiger partial charge < -0.3 is 0 Å². The fourth-order valence-corrected chi connectivity index (χ4v) is 3.09. The molecule has 1 atom stereocenters. The molecule has 0 spiro atoms. The lowest BCUT2D eigenvalue weighted by atomic mass is 10.0. The van der Waals surface area contributed by atoms with Crippen LogP contribution in [0, 0.1) is 13.8 Å². The summed E-state index contributed by atoms with van der Waals surface area (Å²) in [5.41, 5.74) is 5.15. The largest absolute Gasteiger partial charge is 0.294 e. The summed E-state index contributed by atoms with van der Waals surface area (Å²) in [6.07, 6.45) is 1.75. The molecule has 5 nitrogen and oxygen atoms in total. The molecule has 0 saturated heterocycles. The molecule has 2 aromatic heterocycles. The molecule has 3 aromatic rings. The van der Waals surface area contributed by atoms with Gasteiger partial charge in [-0.1, -0.05) is 23.8 Å². The highest BCUT2D eigenvalue weighted by molar-refractivity contribution is 6.10. The van der Waals surface area contributed by atoms with Crippen molar-refractivity contribution in [3.63, 3.8) is 0 Å². The minimum atomic E-state index is -0.250. The third kappa shape index (κ3) is 2.04. The van der Waals surface area contributed by atoms with Gasteiger partial charge in [-0.05, 0) is 38.1 Å². The van der Waals surface area contributed by atoms with Crippen molar-refractivity contribution in [2.75, 3.05) is 4.90 Å². The minimum absolute atomic E-state index is 0.0937. The number of anilines is 1. The van der Waals surface area contributed by atoms with Crippen LogP contribution >= 0.6 is 0 Å². The molecule has 1 aliphatic rings. The van der Waals surface area contributed by atoms with E-state index in [1.807, 2.05) is 56.3 Å². The smallest absolute Gasteiger partial charge is 0.280 e. The Morgan fingerprint density at radius 2 is 1.87 bits per heavy atom. The highest BCUT2D eigenvalue weighted by Gasteiger charge is 2.42. The second-order valence-electron chi connectivity index (χ2n) is 5.78. The summed E-state index contributed by atoms with van der Waals surface area (Å²) >= 11 is 0. The Morgan fingerprint density at radius 3 is 2.57 bits per heavy atom. The van der Waals surface area contributed by atoms with E-state index in [0.717, 1.165) is 28.2 Å². The van der Waals surface area contributed by atoms with Crippen LogP contribution in [0.4, 0.5) is 5.69 Å². The predicted molar refractivity (Wildman–Crippen MR) is 87.4 cm³/mol. The summed E-state index contributed by atoms with van der Waals surface area (Å²) in [7, 11) is 0. The monoisotopic (exact) mass is 304 g/mol. The number of carbonyl (C=O) groups is 1. The molecule has 5 heteroatoms. The number of hydrogen-bond donors (Lipinski definition) is 1. The molecule has 0 bridgehead atoms. The topological polar surface area (TPSA) is 61.9 Å². The first-order valence-corrected chi connectivity index (χ1v) is 7.53. The Morgan fingerprint density at radius 1 is 1.09 bits per heavy atom. The van der Waals surface area contributed by atoms with E-state index in [0.29, 0.717) is 5.69 Å². The van der Waals surface area contributed by atoms with Crippen LogP contribution in [0.3, 0.4) is 0 Å². The van der Waals surface area contributed by atoms with Gasteiger partial charge in [0, 0.05) is 23.1 Å². The van der Waals surface area contributed by atoms with Crippen LogP contribution in [0.2, 0.25) is 0 Å². The third-order valence-corrected chi connectivity index (χ3v) is 4.23. The number of amides is 1. The van der Waals surface area contributed by atoms with Crippen molar-refractivity contribution < 1.29 is 4.79 Å². The fraction of sp³-hybridized carbons (Fsp3) is 0.167. The molecule has 23 heavy (non-hydrogen) atoms. The summed E-state index contributed by atoms with van der Waals surface area (Å²) in [5, 5.41) is 7.13. The Bertz CT molecular complexity index is 868. The van der Waals surface area contributed by atoms with Crippen molar-refractivity contribution >= 4 is 11.6 Å². The maximum absolute atomic E-state index is 12.9. The lowest BCUT2D eigenvalue weighted by molar-refractivity contribution is 0.0988. The van der Waals surface area contributed by atoms with Gasteiger partial charge in [0.15, 0.2) is 5.69 Å². The normalized spacial score (nSPS) is 16.7. The van der Waals surface area contributed by atoms with E-state index in [1.54, 1.807) is 11.1 Å². The van der Waals surface area contributed by atoms with E-state index in [9.17, 15) is 4.79 Å². The first-order valence-electron chi connectivity index (χ1n) is 7.53. The van der Waals surface area contributed by atoms with Crippen LogP contribution in [0.15, 0.2) is 48.7 Å². The first-order chi connectivity index (χ1) is 11.2. The fourth-order valence-electron chi connectivity index (χ4n) is 3.09. The van der Waals surface area contributed by atoms with Crippen molar-refractivity contribution in [3.05, 3.63) is 76.9 Å². The van der Waals surface area contributed by atoms with E-state index in [1.165, 1.54) is 0 Å². The van der Waals surface area contributed by atoms with Crippen LogP contribution < -0.4 is 4.90 Å². The summed E-state index contributed by atoms with van der Waals surface area (Å²) < 4.78 is 0. The van der Waals surface area contributed by atoms with Gasteiger partial charge in [-0.25, -0.2) is 0 Å². The molecule has 4 rings (SSSR count). The number of nitrogens with zero attached hydrogens (tertiary/aromatic N) is 3. The van der Waals surface area contributed by atoms with Gasteiger partial charge >= 0.3 is 0 Å². The molecule has 3 heterocycles. The number of benzene rings is 1. The molecule has 1 N–H and O–H groups in total. The summed E-state index contributed by atoms with van der Waals surface area (Å²) in [5.74, 6) is -0.0937. The molecule has 0 fully saturated rings. The van der Waals surface area contributed by atoms with Crippen molar-refractivity contribution in [2.45, 2.75) is 19.9 Å². The maximum Gasteiger partial charge on any atom is 0.280 e. The highest BCUT2D eigenvalue weighted by Crippen LogP contribution is 2.41. The third-order valence-electron chi connectivity index (χ3n) is 4.23. The number of nitrogens with one attached hydrogen (secondary N) is 1. The zero-order chi connectivity index (χ0) is 16.0. The average molecular weight is 304 g/mol. The van der Waals surface area contributed by atoms with Crippen LogP contribution in [-0.4, -0.2) is 21.1 Å². The SMILES string of the molecule is Cc1ccc(N2C(=O)c3n[nH]c(C)c3[C@H]2c2ccccn2)cc1. The molecular weight excluding hydrogens is 288 g/mol. The molecule has 1 aromatic carbocycles. The molecule has 1 aliphatic heterocycles. The number of hydrogen-bond acceptors (Lipinski definition) is 3. The quantitative estimate of drug-likeness (QED) is 0.791. The van der Waals surface area contributed by atoms with Crippen molar-refractivity contribution in [2.24, 2.45) is 0 Å². The van der Waals surface area contributed by atoms with Gasteiger partial charge in [0.2, 0.25) is 0 Å². The Hall–Kier alpha value is -2.95. The second-order valence-corrected chi connectivity index (χ2v) is 5.78. The number of aromatic nitrogens is 3. The van der Waals surface area contributed by atoms with Crippen molar-refractivity contribution in [1.82, 2.24) is 15.2 Å². The number of aryl methyl sites for hydroxylation is 2. The molecule has 0 radical (unpaired) electrons. The van der Waals surface area contributed by atoms with Crippen LogP contribution in [-0.2, 0) is 0 Å². The number of fused-ring (bicyclic) bond motifs is 1. The van der Waals surface area contributed by atoms with Gasteiger partial charge in [-0.2, -0.15) is 5.10 Å². The lowest BCUT2D eigenvalue weighted by Gasteiger charge is -2.25. The maximum atomic E-state index is 12.9. The lowest BCUT2D eigenvalue weighted by Crippen LogP contribution is -2.29. The van der Waals surface area contributed by atoms with E-state index in [2.05, 4.69) is 15.2 Å². The number of carbonyl (C=O) groups excluding carboxylic acids is 1. The predicted octanol–water partition coefficient (Wildman–Crippen LogP) is 3.17. The molecule has 0 unspecified atom stereocenters. The number of pyridine rings is 1. The van der Waals surface area contributed by atoms with E-state index in [4.69, 9.17) is 0 Å². The molecule has 0 saturated carbocycles. The standard InChI is InChI=1S/C18H16N4O/c1-11-6-8-13(9-7-11)22-17(14-5-3-4-10-19-14)15-12(2)20-21-16(15)18(22)23/h3-10,17H,1-2H3,(H,20,21)/t17-/m1/s1. The van der Waals surface area contributed by atoms with Crippen LogP contribution in [0.1, 0.15) is 39.0 Å². The van der Waals surface area contributed by atoms with Crippen molar-refractivity contribution in [1.29, 1.82) is 0 Å². The highest BCUT2D eigenvalue weighted by atomic mass is 16.2. The van der Waals surface area contributed by atoms with E-state index < -0.39 is 0 Å². The molecule has 0 aliphatic carbocycles. The molecule has 114 valence electrons. The second kappa shape index (κ2) is 5.05. The number of H-pyrrole nitrogens is 1. The van der Waals surface area contributed by atoms with Gasteiger partial charge in [0.05, 0.1) is 5.69 Å². The zero-order valence-corrected chi connectivity index (χ0v) is 12.9. The van der Waals surface area contributed by atoms with E-state index >= 15 is 0 Å². The van der Waals surface area contributed by atoms with Crippen LogP contribution in [0.5, 0.6) is 0 Å². The average Bonchev–Trinajstić information content (AvgIpc) is 3.08. The number of rotatable bonds is 2. The number of aromatic amines is 1. The minimum Gasteiger partial charge on any atom is -0.294 e. The van der Waals surface area contributed by atoms with Gasteiger partial charge in [-0.3, -0.25) is 19.8 Å². The Kier molecular flexibility index (Phi) is 3.01. The summed E-state index contributed by atoms with van der Waals surface area (Å²) in [6.45, 7) is 3.97. The van der Waals surface area contributed by atoms with Crippen LogP contribution in [0.25, 0.3) is 0 Å². The van der Waals surface area contributed by atoms with Crippen molar-refractivity contribution in [3.8, 4) is 0 Å². The van der Waals surface area contributed by atoms with Gasteiger partial charge in [-0.15, -0.1) is 0 Å². The Labute approximate surface area is 134 Å².